The van der Waals surface area contributed by atoms with Gasteiger partial charge in [0.05, 0.1) is 16.6 Å². The largest absolute Gasteiger partial charge is 0.478 e. The highest BCUT2D eigenvalue weighted by atomic mass is 16.4. The van der Waals surface area contributed by atoms with Gasteiger partial charge in [0, 0.05) is 23.9 Å². The number of carboxylic acids is 1. The smallest absolute Gasteiger partial charge is 0.336 e. The molecular formula is C15H10N2O3. The molecule has 2 heterocycles. The van der Waals surface area contributed by atoms with Crippen molar-refractivity contribution in [3.8, 4) is 0 Å². The molecule has 98 valence electrons. The number of pyridine rings is 2. The quantitative estimate of drug-likeness (QED) is 0.569. The van der Waals surface area contributed by atoms with Crippen molar-refractivity contribution in [1.29, 1.82) is 0 Å². The summed E-state index contributed by atoms with van der Waals surface area (Å²) in [5.41, 5.74) is 1.23. The third-order valence-electron chi connectivity index (χ3n) is 3.14. The van der Waals surface area contributed by atoms with Crippen LogP contribution in [0.25, 0.3) is 21.8 Å². The van der Waals surface area contributed by atoms with Crippen molar-refractivity contribution >= 4 is 33.6 Å². The molecule has 0 fully saturated rings. The summed E-state index contributed by atoms with van der Waals surface area (Å²) in [6.07, 6.45) is 1.62. The van der Waals surface area contributed by atoms with Crippen LogP contribution in [0.4, 0.5) is 0 Å². The van der Waals surface area contributed by atoms with E-state index in [0.717, 1.165) is 5.39 Å². The Hall–Kier alpha value is -2.82. The van der Waals surface area contributed by atoms with Crippen molar-refractivity contribution in [1.82, 2.24) is 9.97 Å². The molecule has 0 atom stereocenters. The van der Waals surface area contributed by atoms with Crippen molar-refractivity contribution in [2.75, 3.05) is 0 Å². The molecule has 0 amide bonds. The Morgan fingerprint density at radius 1 is 1.15 bits per heavy atom. The van der Waals surface area contributed by atoms with Gasteiger partial charge < -0.3 is 5.11 Å². The van der Waals surface area contributed by atoms with E-state index in [-0.39, 0.29) is 17.0 Å². The van der Waals surface area contributed by atoms with Gasteiger partial charge in [-0.25, -0.2) is 9.78 Å². The molecule has 0 saturated carbocycles. The lowest BCUT2D eigenvalue weighted by atomic mass is 10.0. The van der Waals surface area contributed by atoms with E-state index in [4.69, 9.17) is 0 Å². The number of benzene rings is 1. The van der Waals surface area contributed by atoms with Crippen LogP contribution in [0.15, 0.2) is 36.5 Å². The Kier molecular flexibility index (Phi) is 2.68. The monoisotopic (exact) mass is 266 g/mol. The highest BCUT2D eigenvalue weighted by Crippen LogP contribution is 2.25. The van der Waals surface area contributed by atoms with Gasteiger partial charge in [-0.1, -0.05) is 18.2 Å². The average molecular weight is 266 g/mol. The normalized spacial score (nSPS) is 10.8. The lowest BCUT2D eigenvalue weighted by molar-refractivity contribution is 0.0699. The minimum absolute atomic E-state index is 0.0627. The fraction of sp³-hybridized carbons (Fsp3) is 0.0667. The number of ketones is 1. The lowest BCUT2D eigenvalue weighted by Crippen LogP contribution is -2.05. The number of rotatable bonds is 2. The molecule has 0 saturated heterocycles. The zero-order chi connectivity index (χ0) is 14.3. The molecule has 3 rings (SSSR count). The zero-order valence-electron chi connectivity index (χ0n) is 10.6. The van der Waals surface area contributed by atoms with Crippen LogP contribution >= 0.6 is 0 Å². The van der Waals surface area contributed by atoms with Crippen molar-refractivity contribution < 1.29 is 14.7 Å². The maximum absolute atomic E-state index is 11.5. The van der Waals surface area contributed by atoms with Crippen molar-refractivity contribution in [3.63, 3.8) is 0 Å². The van der Waals surface area contributed by atoms with Gasteiger partial charge >= 0.3 is 5.97 Å². The molecule has 3 aromatic rings. The van der Waals surface area contributed by atoms with Crippen molar-refractivity contribution in [3.05, 3.63) is 47.8 Å². The minimum Gasteiger partial charge on any atom is -0.478 e. The number of nitrogens with zero attached hydrogens (tertiary/aromatic N) is 2. The predicted molar refractivity (Wildman–Crippen MR) is 74.0 cm³/mol. The summed E-state index contributed by atoms with van der Waals surface area (Å²) in [5.74, 6) is -1.36. The summed E-state index contributed by atoms with van der Waals surface area (Å²) >= 11 is 0. The van der Waals surface area contributed by atoms with Gasteiger partial charge in [-0.05, 0) is 12.1 Å². The van der Waals surface area contributed by atoms with E-state index in [1.54, 1.807) is 24.4 Å². The van der Waals surface area contributed by atoms with Crippen molar-refractivity contribution in [2.45, 2.75) is 6.92 Å². The van der Waals surface area contributed by atoms with Gasteiger partial charge in [0.15, 0.2) is 5.78 Å². The van der Waals surface area contributed by atoms with Crippen LogP contribution in [0.5, 0.6) is 0 Å². The second kappa shape index (κ2) is 4.38. The molecule has 20 heavy (non-hydrogen) atoms. The molecule has 0 unspecified atom stereocenters. The molecule has 1 aromatic carbocycles. The molecule has 1 N–H and O–H groups in total. The molecule has 0 aliphatic rings. The third-order valence-corrected chi connectivity index (χ3v) is 3.14. The molecule has 0 radical (unpaired) electrons. The highest BCUT2D eigenvalue weighted by Gasteiger charge is 2.15. The van der Waals surface area contributed by atoms with Gasteiger partial charge in [0.25, 0.3) is 0 Å². The van der Waals surface area contributed by atoms with Gasteiger partial charge in [-0.3, -0.25) is 9.78 Å². The van der Waals surface area contributed by atoms with E-state index in [1.807, 2.05) is 6.07 Å². The maximum atomic E-state index is 11.5. The number of aromatic carboxylic acids is 1. The van der Waals surface area contributed by atoms with Gasteiger partial charge in [-0.15, -0.1) is 0 Å². The molecule has 0 spiro atoms. The number of hydrogen-bond acceptors (Lipinski definition) is 4. The van der Waals surface area contributed by atoms with Crippen LogP contribution in [-0.2, 0) is 0 Å². The molecular weight excluding hydrogens is 256 g/mol. The minimum atomic E-state index is -1.09. The highest BCUT2D eigenvalue weighted by molar-refractivity contribution is 6.12. The van der Waals surface area contributed by atoms with Crippen LogP contribution < -0.4 is 0 Å². The number of aromatic nitrogens is 2. The van der Waals surface area contributed by atoms with E-state index in [9.17, 15) is 14.7 Å². The summed E-state index contributed by atoms with van der Waals surface area (Å²) in [5, 5.41) is 10.6. The van der Waals surface area contributed by atoms with E-state index in [2.05, 4.69) is 9.97 Å². The number of carboxylic acid groups (broad SMARTS) is 1. The number of hydrogen-bond donors (Lipinski definition) is 1. The predicted octanol–water partition coefficient (Wildman–Crippen LogP) is 2.68. The fourth-order valence-electron chi connectivity index (χ4n) is 2.18. The van der Waals surface area contributed by atoms with E-state index < -0.39 is 5.97 Å². The molecule has 0 aliphatic carbocycles. The summed E-state index contributed by atoms with van der Waals surface area (Å²) in [6.45, 7) is 1.36. The Morgan fingerprint density at radius 2 is 1.95 bits per heavy atom. The summed E-state index contributed by atoms with van der Waals surface area (Å²) in [4.78, 5) is 31.4. The van der Waals surface area contributed by atoms with Gasteiger partial charge in [0.2, 0.25) is 0 Å². The van der Waals surface area contributed by atoms with Crippen LogP contribution in [0.3, 0.4) is 0 Å². The molecule has 0 bridgehead atoms. The maximum Gasteiger partial charge on any atom is 0.336 e. The van der Waals surface area contributed by atoms with E-state index >= 15 is 0 Å². The first kappa shape index (κ1) is 12.2. The Labute approximate surface area is 113 Å². The first-order valence-electron chi connectivity index (χ1n) is 6.00. The summed E-state index contributed by atoms with van der Waals surface area (Å²) in [7, 11) is 0. The second-order valence-corrected chi connectivity index (χ2v) is 4.45. The van der Waals surface area contributed by atoms with E-state index in [0.29, 0.717) is 16.4 Å². The van der Waals surface area contributed by atoms with Crippen LogP contribution in [0.2, 0.25) is 0 Å². The lowest BCUT2D eigenvalue weighted by Gasteiger charge is -2.07. The first-order valence-corrected chi connectivity index (χ1v) is 6.00. The van der Waals surface area contributed by atoms with Gasteiger partial charge in [-0.2, -0.15) is 0 Å². The van der Waals surface area contributed by atoms with E-state index in [1.165, 1.54) is 13.0 Å². The fourth-order valence-corrected chi connectivity index (χ4v) is 2.18. The SMILES string of the molecule is CC(=O)c1cc(C(=O)O)c2ccc3cccnc3c2n1. The zero-order valence-corrected chi connectivity index (χ0v) is 10.6. The topological polar surface area (TPSA) is 80.2 Å². The molecule has 2 aromatic heterocycles. The molecule has 5 heteroatoms. The number of fused-ring (bicyclic) bond motifs is 3. The average Bonchev–Trinajstić information content (AvgIpc) is 2.45. The summed E-state index contributed by atoms with van der Waals surface area (Å²) < 4.78 is 0. The van der Waals surface area contributed by atoms with Crippen LogP contribution in [0.1, 0.15) is 27.8 Å². The van der Waals surface area contributed by atoms with Crippen molar-refractivity contribution in [2.24, 2.45) is 0 Å². The Morgan fingerprint density at radius 3 is 2.65 bits per heavy atom. The first-order chi connectivity index (χ1) is 9.58. The number of Topliss-reactive ketones (excluding diaryl/α,β-unsaturated/α-hetero) is 1. The Balaban J connectivity index is 2.53. The van der Waals surface area contributed by atoms with Crippen LogP contribution in [0, 0.1) is 0 Å². The number of carbonyl (C=O) groups is 2. The summed E-state index contributed by atoms with van der Waals surface area (Å²) in [6, 6.07) is 8.46. The second-order valence-electron chi connectivity index (χ2n) is 4.45. The van der Waals surface area contributed by atoms with Gasteiger partial charge in [0.1, 0.15) is 5.69 Å². The third kappa shape index (κ3) is 1.80. The molecule has 5 nitrogen and oxygen atoms in total. The standard InChI is InChI=1S/C15H10N2O3/c1-8(18)12-7-11(15(19)20)10-5-4-9-3-2-6-16-13(9)14(10)17-12/h2-7H,1H3,(H,19,20). The Bertz CT molecular complexity index is 872. The molecule has 0 aliphatic heterocycles. The van der Waals surface area contributed by atoms with Crippen LogP contribution in [-0.4, -0.2) is 26.8 Å². The number of carbonyl (C=O) groups excluding carboxylic acids is 1.